The monoisotopic (exact) mass is 457 g/mol. The maximum absolute atomic E-state index is 12.6. The van der Waals surface area contributed by atoms with Gasteiger partial charge in [-0.05, 0) is 37.0 Å². The van der Waals surface area contributed by atoms with Crippen molar-refractivity contribution in [3.05, 3.63) is 51.9 Å². The lowest BCUT2D eigenvalue weighted by molar-refractivity contribution is -0.142. The number of carbonyl (C=O) groups is 3. The second-order valence-corrected chi connectivity index (χ2v) is 8.42. The highest BCUT2D eigenvalue weighted by molar-refractivity contribution is 7.17. The van der Waals surface area contributed by atoms with Crippen molar-refractivity contribution in [2.75, 3.05) is 26.1 Å². The highest BCUT2D eigenvalue weighted by Gasteiger charge is 2.38. The largest absolute Gasteiger partial charge is 0.493 e. The van der Waals surface area contributed by atoms with Gasteiger partial charge in [0.05, 0.1) is 32.3 Å². The molecule has 1 N–H and O–H groups in total. The van der Waals surface area contributed by atoms with Crippen LogP contribution in [0, 0.1) is 0 Å². The van der Waals surface area contributed by atoms with Crippen LogP contribution < -0.4 is 10.1 Å². The Morgan fingerprint density at radius 3 is 2.69 bits per heavy atom. The second-order valence-electron chi connectivity index (χ2n) is 7.31. The fourth-order valence-corrected chi connectivity index (χ4v) is 4.90. The molecule has 7 nitrogen and oxygen atoms in total. The minimum atomic E-state index is -0.591. The summed E-state index contributed by atoms with van der Waals surface area (Å²) >= 11 is 1.29. The highest BCUT2D eigenvalue weighted by Crippen LogP contribution is 2.45. The number of benzene rings is 1. The van der Waals surface area contributed by atoms with E-state index in [4.69, 9.17) is 14.2 Å². The Kier molecular flexibility index (Phi) is 8.05. The third-order valence-corrected chi connectivity index (χ3v) is 6.41. The van der Waals surface area contributed by atoms with Gasteiger partial charge in [0.15, 0.2) is 0 Å². The predicted octanol–water partition coefficient (Wildman–Crippen LogP) is 4.57. The van der Waals surface area contributed by atoms with E-state index in [1.54, 1.807) is 6.08 Å². The number of ether oxygens (including phenoxy) is 3. The van der Waals surface area contributed by atoms with E-state index in [1.807, 2.05) is 24.3 Å². The lowest BCUT2D eigenvalue weighted by atomic mass is 9.99. The number of anilines is 1. The van der Waals surface area contributed by atoms with Crippen molar-refractivity contribution in [2.45, 2.75) is 38.5 Å². The fourth-order valence-electron chi connectivity index (χ4n) is 3.63. The van der Waals surface area contributed by atoms with E-state index in [-0.39, 0.29) is 5.56 Å². The van der Waals surface area contributed by atoms with Crippen molar-refractivity contribution >= 4 is 40.3 Å². The number of methoxy groups -OCH3 is 2. The molecule has 0 spiro atoms. The number of aryl methyl sites for hydroxylation is 1. The molecule has 1 aromatic carbocycles. The van der Waals surface area contributed by atoms with Gasteiger partial charge in [-0.3, -0.25) is 9.59 Å². The van der Waals surface area contributed by atoms with Crippen LogP contribution in [-0.4, -0.2) is 38.7 Å². The molecule has 1 heterocycles. The smallest absolute Gasteiger partial charge is 0.341 e. The van der Waals surface area contributed by atoms with Gasteiger partial charge in [-0.25, -0.2) is 4.79 Å². The number of amides is 1. The summed E-state index contributed by atoms with van der Waals surface area (Å²) in [5.41, 5.74) is 1.61. The Labute approximate surface area is 191 Å². The number of rotatable bonds is 9. The van der Waals surface area contributed by atoms with Gasteiger partial charge in [-0.15, -0.1) is 11.3 Å². The van der Waals surface area contributed by atoms with Crippen LogP contribution in [0.25, 0.3) is 6.08 Å². The van der Waals surface area contributed by atoms with Crippen molar-refractivity contribution in [1.82, 2.24) is 0 Å². The molecule has 1 aromatic heterocycles. The zero-order chi connectivity index (χ0) is 23.1. The quantitative estimate of drug-likeness (QED) is 0.337. The molecule has 1 aliphatic rings. The van der Waals surface area contributed by atoms with E-state index in [2.05, 4.69) is 12.2 Å². The molecule has 1 aliphatic carbocycles. The molecule has 0 bridgehead atoms. The highest BCUT2D eigenvalue weighted by atomic mass is 32.1. The average molecular weight is 458 g/mol. The first-order chi connectivity index (χ1) is 15.5. The zero-order valence-electron chi connectivity index (χ0n) is 18.4. The van der Waals surface area contributed by atoms with Crippen LogP contribution in [0.5, 0.6) is 5.75 Å². The first kappa shape index (κ1) is 23.5. The second kappa shape index (κ2) is 10.9. The summed E-state index contributed by atoms with van der Waals surface area (Å²) in [4.78, 5) is 38.2. The van der Waals surface area contributed by atoms with E-state index in [9.17, 15) is 14.4 Å². The molecule has 0 aliphatic heterocycles. The number of fused-ring (bicyclic) bond motifs is 1. The number of para-hydroxylation sites is 1. The van der Waals surface area contributed by atoms with E-state index in [1.165, 1.54) is 31.6 Å². The number of nitrogens with one attached hydrogen (secondary N) is 1. The normalized spacial score (nSPS) is 14.8. The van der Waals surface area contributed by atoms with Crippen LogP contribution in [0.15, 0.2) is 30.3 Å². The maximum Gasteiger partial charge on any atom is 0.341 e. The molecule has 1 amide bonds. The molecule has 0 fully saturated rings. The van der Waals surface area contributed by atoms with Gasteiger partial charge in [0, 0.05) is 16.5 Å². The first-order valence-corrected chi connectivity index (χ1v) is 11.3. The molecular formula is C24H27NO6S. The van der Waals surface area contributed by atoms with Crippen LogP contribution in [0.2, 0.25) is 0 Å². The van der Waals surface area contributed by atoms with E-state index >= 15 is 0 Å². The van der Waals surface area contributed by atoms with Gasteiger partial charge >= 0.3 is 11.9 Å². The SMILES string of the molecule is CCCCOc1ccccc1/C=C/C(=O)Nc1sc2c(c1C(=O)OC)C(C(=O)OC)CC2. The third kappa shape index (κ3) is 5.19. The molecule has 1 unspecified atom stereocenters. The standard InChI is InChI=1S/C24H27NO6S/c1-4-5-14-31-17-9-7-6-8-15(17)10-13-19(26)25-22-21(24(28)30-3)20-16(23(27)29-2)11-12-18(20)32-22/h6-10,13,16H,4-5,11-12,14H2,1-3H3,(H,25,26)/b13-10+. The van der Waals surface area contributed by atoms with Gasteiger partial charge in [0.25, 0.3) is 0 Å². The van der Waals surface area contributed by atoms with Crippen molar-refractivity contribution in [3.8, 4) is 5.75 Å². The average Bonchev–Trinajstić information content (AvgIpc) is 3.36. The van der Waals surface area contributed by atoms with E-state index < -0.39 is 23.8 Å². The Bertz CT molecular complexity index is 1030. The van der Waals surface area contributed by atoms with Crippen molar-refractivity contribution in [1.29, 1.82) is 0 Å². The molecule has 170 valence electrons. The Morgan fingerprint density at radius 2 is 1.97 bits per heavy atom. The van der Waals surface area contributed by atoms with Gasteiger partial charge in [-0.1, -0.05) is 31.5 Å². The van der Waals surface area contributed by atoms with Crippen LogP contribution in [0.3, 0.4) is 0 Å². The minimum absolute atomic E-state index is 0.227. The van der Waals surface area contributed by atoms with Crippen LogP contribution in [0.1, 0.15) is 58.5 Å². The number of hydrogen-bond donors (Lipinski definition) is 1. The maximum atomic E-state index is 12.6. The molecule has 8 heteroatoms. The summed E-state index contributed by atoms with van der Waals surface area (Å²) in [7, 11) is 2.59. The molecular weight excluding hydrogens is 430 g/mol. The molecule has 0 saturated carbocycles. The molecule has 2 aromatic rings. The van der Waals surface area contributed by atoms with Gasteiger partial charge in [0.2, 0.25) is 5.91 Å². The Morgan fingerprint density at radius 1 is 1.19 bits per heavy atom. The summed E-state index contributed by atoms with van der Waals surface area (Å²) < 4.78 is 15.6. The van der Waals surface area contributed by atoms with Crippen LogP contribution in [0.4, 0.5) is 5.00 Å². The number of hydrogen-bond acceptors (Lipinski definition) is 7. The Balaban J connectivity index is 1.81. The molecule has 3 rings (SSSR count). The summed E-state index contributed by atoms with van der Waals surface area (Å²) in [5.74, 6) is -1.21. The molecule has 32 heavy (non-hydrogen) atoms. The lowest BCUT2D eigenvalue weighted by Crippen LogP contribution is -2.16. The van der Waals surface area contributed by atoms with Crippen LogP contribution in [-0.2, 0) is 25.5 Å². The van der Waals surface area contributed by atoms with Crippen molar-refractivity contribution in [2.24, 2.45) is 0 Å². The van der Waals surface area contributed by atoms with Crippen molar-refractivity contribution in [3.63, 3.8) is 0 Å². The molecule has 0 radical (unpaired) electrons. The predicted molar refractivity (Wildman–Crippen MR) is 123 cm³/mol. The molecule has 0 saturated heterocycles. The number of unbranched alkanes of at least 4 members (excludes halogenated alkanes) is 1. The van der Waals surface area contributed by atoms with E-state index in [0.29, 0.717) is 35.8 Å². The lowest BCUT2D eigenvalue weighted by Gasteiger charge is -2.11. The van der Waals surface area contributed by atoms with E-state index in [0.717, 1.165) is 23.3 Å². The minimum Gasteiger partial charge on any atom is -0.493 e. The van der Waals surface area contributed by atoms with Crippen LogP contribution >= 0.6 is 11.3 Å². The summed E-state index contributed by atoms with van der Waals surface area (Å²) in [5, 5.41) is 3.15. The summed E-state index contributed by atoms with van der Waals surface area (Å²) in [6.45, 7) is 2.70. The van der Waals surface area contributed by atoms with Crippen molar-refractivity contribution < 1.29 is 28.6 Å². The van der Waals surface area contributed by atoms with Gasteiger partial charge < -0.3 is 19.5 Å². The third-order valence-electron chi connectivity index (χ3n) is 5.23. The van der Waals surface area contributed by atoms with Gasteiger partial charge in [0.1, 0.15) is 10.8 Å². The fraction of sp³-hybridized carbons (Fsp3) is 0.375. The van der Waals surface area contributed by atoms with Gasteiger partial charge in [-0.2, -0.15) is 0 Å². The summed E-state index contributed by atoms with van der Waals surface area (Å²) in [6.07, 6.45) is 6.26. The zero-order valence-corrected chi connectivity index (χ0v) is 19.3. The topological polar surface area (TPSA) is 90.9 Å². The first-order valence-electron chi connectivity index (χ1n) is 10.5. The number of thiophene rings is 1. The number of esters is 2. The summed E-state index contributed by atoms with van der Waals surface area (Å²) in [6, 6.07) is 7.48. The number of carbonyl (C=O) groups excluding carboxylic acids is 3. The Hall–Kier alpha value is -3.13. The molecule has 1 atom stereocenters.